The number of fused-ring (bicyclic) bond motifs is 1. The van der Waals surface area contributed by atoms with Gasteiger partial charge in [0.2, 0.25) is 5.91 Å². The smallest absolute Gasteiger partial charge is 0.276 e. The van der Waals surface area contributed by atoms with E-state index in [1.807, 2.05) is 30.3 Å². The summed E-state index contributed by atoms with van der Waals surface area (Å²) in [6.07, 6.45) is 0. The number of hydrogen-bond donors (Lipinski definition) is 2. The number of carbonyl (C=O) groups is 1. The normalized spacial score (nSPS) is 10.9. The molecule has 8 nitrogen and oxygen atoms in total. The van der Waals surface area contributed by atoms with Crippen LogP contribution in [-0.4, -0.2) is 32.8 Å². The van der Waals surface area contributed by atoms with Gasteiger partial charge in [-0.3, -0.25) is 9.36 Å². The molecule has 0 fully saturated rings. The molecule has 0 aliphatic rings. The first-order valence-electron chi connectivity index (χ1n) is 9.16. The maximum atomic E-state index is 14.2. The molecule has 4 aromatic rings. The van der Waals surface area contributed by atoms with Crippen molar-refractivity contribution in [1.82, 2.24) is 19.7 Å². The topological polar surface area (TPSA) is 108 Å². The van der Waals surface area contributed by atoms with Crippen molar-refractivity contribution in [2.24, 2.45) is 5.73 Å². The van der Waals surface area contributed by atoms with Crippen molar-refractivity contribution in [3.63, 3.8) is 0 Å². The third-order valence-corrected chi connectivity index (χ3v) is 4.68. The Morgan fingerprint density at radius 2 is 1.97 bits per heavy atom. The lowest BCUT2D eigenvalue weighted by Crippen LogP contribution is -2.12. The molecular weight excluding hydrogens is 387 g/mol. The monoisotopic (exact) mass is 406 g/mol. The van der Waals surface area contributed by atoms with Gasteiger partial charge >= 0.3 is 0 Å². The summed E-state index contributed by atoms with van der Waals surface area (Å²) in [5.74, 6) is -0.470. The lowest BCUT2D eigenvalue weighted by molar-refractivity contribution is 0.100. The number of aromatic nitrogens is 4. The maximum absolute atomic E-state index is 14.2. The molecule has 0 aliphatic carbocycles. The quantitative estimate of drug-likeness (QED) is 0.510. The Kier molecular flexibility index (Phi) is 5.01. The van der Waals surface area contributed by atoms with Crippen LogP contribution in [-0.2, 0) is 6.54 Å². The number of halogens is 1. The van der Waals surface area contributed by atoms with Gasteiger partial charge in [0.25, 0.3) is 11.8 Å². The Hall–Kier alpha value is -4.01. The molecule has 0 bridgehead atoms. The van der Waals surface area contributed by atoms with Gasteiger partial charge in [-0.2, -0.15) is 4.98 Å². The van der Waals surface area contributed by atoms with Gasteiger partial charge in [0.05, 0.1) is 18.2 Å². The largest absolute Gasteiger partial charge is 0.477 e. The van der Waals surface area contributed by atoms with Crippen LogP contribution in [0.25, 0.3) is 16.9 Å². The van der Waals surface area contributed by atoms with Gasteiger partial charge in [-0.05, 0) is 30.7 Å². The van der Waals surface area contributed by atoms with E-state index in [9.17, 15) is 9.18 Å². The highest BCUT2D eigenvalue weighted by Crippen LogP contribution is 2.28. The summed E-state index contributed by atoms with van der Waals surface area (Å²) in [6.45, 7) is 2.30. The van der Waals surface area contributed by atoms with Gasteiger partial charge in [-0.1, -0.05) is 30.3 Å². The first-order chi connectivity index (χ1) is 14.5. The number of aryl methyl sites for hydroxylation is 1. The average molecular weight is 406 g/mol. The van der Waals surface area contributed by atoms with E-state index in [0.717, 1.165) is 11.6 Å². The fraction of sp³-hybridized carbons (Fsp3) is 0.143. The summed E-state index contributed by atoms with van der Waals surface area (Å²) in [5, 5.41) is 11.9. The molecule has 152 valence electrons. The molecular formula is C21H19FN6O2. The Morgan fingerprint density at radius 3 is 2.67 bits per heavy atom. The number of methoxy groups -OCH3 is 1. The maximum Gasteiger partial charge on any atom is 0.276 e. The van der Waals surface area contributed by atoms with Crippen LogP contribution in [0.2, 0.25) is 0 Å². The highest BCUT2D eigenvalue weighted by atomic mass is 19.1. The van der Waals surface area contributed by atoms with Crippen LogP contribution < -0.4 is 15.8 Å². The second-order valence-electron chi connectivity index (χ2n) is 6.68. The van der Waals surface area contributed by atoms with Crippen LogP contribution in [0.15, 0.2) is 48.5 Å². The molecule has 2 aromatic carbocycles. The predicted octanol–water partition coefficient (Wildman–Crippen LogP) is 2.98. The number of amides is 1. The van der Waals surface area contributed by atoms with Crippen molar-refractivity contribution in [3.05, 3.63) is 71.2 Å². The molecule has 0 radical (unpaired) electrons. The van der Waals surface area contributed by atoms with Crippen LogP contribution >= 0.6 is 0 Å². The number of nitrogens with two attached hydrogens (primary N) is 1. The SMILES string of the molecule is COc1nnc(-n2c(C)cc3c(C(N)=O)cc(F)cc32)nc1NCc1ccccc1. The van der Waals surface area contributed by atoms with Gasteiger partial charge in [-0.15, -0.1) is 10.2 Å². The third-order valence-electron chi connectivity index (χ3n) is 4.68. The highest BCUT2D eigenvalue weighted by molar-refractivity contribution is 6.06. The van der Waals surface area contributed by atoms with Crippen LogP contribution in [0.3, 0.4) is 0 Å². The fourth-order valence-electron chi connectivity index (χ4n) is 3.31. The zero-order chi connectivity index (χ0) is 21.3. The summed E-state index contributed by atoms with van der Waals surface area (Å²) in [4.78, 5) is 16.3. The highest BCUT2D eigenvalue weighted by Gasteiger charge is 2.19. The third kappa shape index (κ3) is 3.52. The van der Waals surface area contributed by atoms with Crippen LogP contribution in [0.4, 0.5) is 10.2 Å². The van der Waals surface area contributed by atoms with E-state index in [-0.39, 0.29) is 17.4 Å². The lowest BCUT2D eigenvalue weighted by Gasteiger charge is -2.12. The van der Waals surface area contributed by atoms with Crippen molar-refractivity contribution < 1.29 is 13.9 Å². The molecule has 0 aliphatic heterocycles. The van der Waals surface area contributed by atoms with Crippen molar-refractivity contribution >= 4 is 22.6 Å². The molecule has 0 saturated heterocycles. The Morgan fingerprint density at radius 1 is 1.20 bits per heavy atom. The molecule has 0 saturated carbocycles. The molecule has 0 atom stereocenters. The van der Waals surface area contributed by atoms with Crippen molar-refractivity contribution in [1.29, 1.82) is 0 Å². The van der Waals surface area contributed by atoms with Crippen LogP contribution in [0, 0.1) is 12.7 Å². The molecule has 30 heavy (non-hydrogen) atoms. The summed E-state index contributed by atoms with van der Waals surface area (Å²) in [5.41, 5.74) is 7.68. The number of anilines is 1. The molecule has 4 rings (SSSR count). The van der Waals surface area contributed by atoms with Gasteiger partial charge < -0.3 is 15.8 Å². The lowest BCUT2D eigenvalue weighted by atomic mass is 10.1. The zero-order valence-corrected chi connectivity index (χ0v) is 16.4. The second kappa shape index (κ2) is 7.78. The van der Waals surface area contributed by atoms with Crippen molar-refractivity contribution in [3.8, 4) is 11.8 Å². The predicted molar refractivity (Wildman–Crippen MR) is 110 cm³/mol. The molecule has 2 aromatic heterocycles. The van der Waals surface area contributed by atoms with E-state index < -0.39 is 11.7 Å². The van der Waals surface area contributed by atoms with Gasteiger partial charge in [0.15, 0.2) is 5.82 Å². The molecule has 1 amide bonds. The standard InChI is InChI=1S/C21H19FN6O2/c1-12-8-15-16(18(23)29)9-14(22)10-17(15)28(12)21-25-19(20(30-2)26-27-21)24-11-13-6-4-3-5-7-13/h3-10H,11H2,1-2H3,(H2,23,29)(H,24,25,27). The summed E-state index contributed by atoms with van der Waals surface area (Å²) < 4.78 is 21.0. The summed E-state index contributed by atoms with van der Waals surface area (Å²) in [7, 11) is 1.48. The molecule has 3 N–H and O–H groups in total. The van der Waals surface area contributed by atoms with Crippen LogP contribution in [0.1, 0.15) is 21.6 Å². The van der Waals surface area contributed by atoms with E-state index in [0.29, 0.717) is 29.0 Å². The number of nitrogens with zero attached hydrogens (tertiary/aromatic N) is 4. The van der Waals surface area contributed by atoms with E-state index in [1.165, 1.54) is 13.2 Å². The van der Waals surface area contributed by atoms with Gasteiger partial charge in [0, 0.05) is 17.6 Å². The molecule has 9 heteroatoms. The molecule has 0 unspecified atom stereocenters. The first-order valence-corrected chi connectivity index (χ1v) is 9.16. The number of carbonyl (C=O) groups excluding carboxylic acids is 1. The van der Waals surface area contributed by atoms with Crippen LogP contribution in [0.5, 0.6) is 5.88 Å². The Balaban J connectivity index is 1.80. The Labute approximate surface area is 171 Å². The zero-order valence-electron chi connectivity index (χ0n) is 16.4. The number of primary amides is 1. The minimum atomic E-state index is -0.712. The number of nitrogens with one attached hydrogen (secondary N) is 1. The van der Waals surface area contributed by atoms with Crippen molar-refractivity contribution in [2.75, 3.05) is 12.4 Å². The van der Waals surface area contributed by atoms with Gasteiger partial charge in [-0.25, -0.2) is 4.39 Å². The summed E-state index contributed by atoms with van der Waals surface area (Å²) in [6, 6.07) is 13.9. The minimum Gasteiger partial charge on any atom is -0.477 e. The average Bonchev–Trinajstić information content (AvgIpc) is 3.07. The minimum absolute atomic E-state index is 0.0933. The number of rotatable bonds is 6. The van der Waals surface area contributed by atoms with Gasteiger partial charge in [0.1, 0.15) is 5.82 Å². The van der Waals surface area contributed by atoms with E-state index in [1.54, 1.807) is 17.6 Å². The molecule has 0 spiro atoms. The Bertz CT molecular complexity index is 1240. The van der Waals surface area contributed by atoms with Crippen molar-refractivity contribution in [2.45, 2.75) is 13.5 Å². The van der Waals surface area contributed by atoms with E-state index >= 15 is 0 Å². The first kappa shape index (κ1) is 19.3. The fourth-order valence-corrected chi connectivity index (χ4v) is 3.31. The summed E-state index contributed by atoms with van der Waals surface area (Å²) >= 11 is 0. The number of ether oxygens (including phenoxy) is 1. The number of benzene rings is 2. The second-order valence-corrected chi connectivity index (χ2v) is 6.68. The molecule has 2 heterocycles. The van der Waals surface area contributed by atoms with E-state index in [2.05, 4.69) is 20.5 Å². The number of hydrogen-bond acceptors (Lipinski definition) is 6. The van der Waals surface area contributed by atoms with E-state index in [4.69, 9.17) is 10.5 Å².